The first-order valence-electron chi connectivity index (χ1n) is 11.0. The molecule has 190 valence electrons. The number of aromatic carboxylic acids is 1. The summed E-state index contributed by atoms with van der Waals surface area (Å²) in [5, 5.41) is 13.2. The lowest BCUT2D eigenvalue weighted by Crippen LogP contribution is -2.49. The first kappa shape index (κ1) is 24.5. The maximum atomic E-state index is 13.4. The van der Waals surface area contributed by atoms with E-state index in [9.17, 15) is 14.4 Å². The molecule has 13 heteroatoms. The Morgan fingerprint density at radius 2 is 1.82 bits per heavy atom. The molecule has 0 aliphatic rings. The van der Waals surface area contributed by atoms with Crippen LogP contribution in [0.5, 0.6) is 11.6 Å². The number of rotatable bonds is 7. The van der Waals surface area contributed by atoms with E-state index in [1.54, 1.807) is 48.5 Å². The second-order valence-electron chi connectivity index (χ2n) is 7.84. The summed E-state index contributed by atoms with van der Waals surface area (Å²) in [7, 11) is 0. The lowest BCUT2D eigenvalue weighted by Gasteiger charge is -2.10. The molecule has 5 aromatic rings. The van der Waals surface area contributed by atoms with Crippen LogP contribution in [-0.2, 0) is 6.54 Å². The number of aromatic amines is 1. The molecule has 0 saturated heterocycles. The van der Waals surface area contributed by atoms with E-state index >= 15 is 0 Å². The van der Waals surface area contributed by atoms with E-state index in [0.717, 1.165) is 10.1 Å². The molecule has 0 unspecified atom stereocenters. The fourth-order valence-electron chi connectivity index (χ4n) is 3.44. The Labute approximate surface area is 217 Å². The number of nitrogens with zero attached hydrogens (tertiary/aromatic N) is 5. The van der Waals surface area contributed by atoms with E-state index in [1.807, 2.05) is 0 Å². The van der Waals surface area contributed by atoms with Crippen LogP contribution >= 0.6 is 11.6 Å². The zero-order valence-corrected chi connectivity index (χ0v) is 20.1. The van der Waals surface area contributed by atoms with Crippen LogP contribution in [0.25, 0.3) is 5.82 Å². The van der Waals surface area contributed by atoms with Crippen LogP contribution in [0, 0.1) is 0 Å². The number of hydrogen-bond donors (Lipinski definition) is 2. The van der Waals surface area contributed by atoms with Crippen LogP contribution in [0.1, 0.15) is 15.9 Å². The number of carboxylic acids is 1. The average molecular weight is 533 g/mol. The van der Waals surface area contributed by atoms with Gasteiger partial charge in [-0.1, -0.05) is 28.9 Å². The number of carbonyl (C=O) groups is 1. The smallest absolute Gasteiger partial charge is 0.341 e. The zero-order valence-electron chi connectivity index (χ0n) is 19.3. The summed E-state index contributed by atoms with van der Waals surface area (Å²) in [5.74, 6) is -0.431. The van der Waals surface area contributed by atoms with Crippen LogP contribution in [0.3, 0.4) is 0 Å². The first-order valence-corrected chi connectivity index (χ1v) is 11.4. The molecule has 2 aromatic carbocycles. The summed E-state index contributed by atoms with van der Waals surface area (Å²) >= 11 is 5.99. The van der Waals surface area contributed by atoms with E-state index < -0.39 is 17.3 Å². The van der Waals surface area contributed by atoms with Gasteiger partial charge in [-0.3, -0.25) is 9.55 Å². The van der Waals surface area contributed by atoms with Crippen molar-refractivity contribution in [2.24, 2.45) is 4.99 Å². The van der Waals surface area contributed by atoms with E-state index in [-0.39, 0.29) is 29.4 Å². The Kier molecular flexibility index (Phi) is 6.70. The molecule has 38 heavy (non-hydrogen) atoms. The maximum absolute atomic E-state index is 13.4. The Balaban J connectivity index is 1.51. The largest absolute Gasteiger partial charge is 0.478 e. The van der Waals surface area contributed by atoms with Gasteiger partial charge in [-0.2, -0.15) is 4.57 Å². The number of halogens is 1. The minimum absolute atomic E-state index is 0.00860. The van der Waals surface area contributed by atoms with E-state index in [2.05, 4.69) is 20.1 Å². The molecule has 0 spiro atoms. The summed E-state index contributed by atoms with van der Waals surface area (Å²) in [6.07, 6.45) is 2.45. The van der Waals surface area contributed by atoms with Gasteiger partial charge in [-0.15, -0.1) is 0 Å². The molecule has 0 saturated carbocycles. The third kappa shape index (κ3) is 5.29. The van der Waals surface area contributed by atoms with Crippen molar-refractivity contribution in [1.29, 1.82) is 0 Å². The monoisotopic (exact) mass is 532 g/mol. The molecular weight excluding hydrogens is 516 g/mol. The van der Waals surface area contributed by atoms with Crippen LogP contribution in [-0.4, -0.2) is 35.3 Å². The molecule has 0 bridgehead atoms. The Bertz CT molecular complexity index is 1770. The molecule has 0 aliphatic heterocycles. The Hall–Kier alpha value is -5.23. The van der Waals surface area contributed by atoms with Crippen LogP contribution in [0.2, 0.25) is 5.02 Å². The van der Waals surface area contributed by atoms with Crippen LogP contribution < -0.4 is 21.7 Å². The first-order chi connectivity index (χ1) is 18.4. The molecule has 3 aromatic heterocycles. The van der Waals surface area contributed by atoms with Crippen molar-refractivity contribution < 1.29 is 19.2 Å². The predicted molar refractivity (Wildman–Crippen MR) is 134 cm³/mol. The molecule has 0 radical (unpaired) electrons. The third-order valence-corrected chi connectivity index (χ3v) is 5.54. The number of benzene rings is 2. The summed E-state index contributed by atoms with van der Waals surface area (Å²) in [5.41, 5.74) is -0.201. The minimum atomic E-state index is -1.09. The van der Waals surface area contributed by atoms with Crippen molar-refractivity contribution in [2.75, 3.05) is 0 Å². The molecule has 0 atom stereocenters. The fourth-order valence-corrected chi connectivity index (χ4v) is 3.57. The Morgan fingerprint density at radius 3 is 2.45 bits per heavy atom. The number of aromatic nitrogens is 5. The lowest BCUT2D eigenvalue weighted by molar-refractivity contribution is 0.0696. The highest BCUT2D eigenvalue weighted by Gasteiger charge is 2.14. The van der Waals surface area contributed by atoms with Crippen molar-refractivity contribution in [3.05, 3.63) is 122 Å². The van der Waals surface area contributed by atoms with Crippen molar-refractivity contribution in [3.8, 4) is 17.4 Å². The van der Waals surface area contributed by atoms with Gasteiger partial charge in [0.15, 0.2) is 5.82 Å². The number of nitrogens with one attached hydrogen (secondary N) is 1. The molecule has 0 fully saturated rings. The van der Waals surface area contributed by atoms with Gasteiger partial charge in [0.1, 0.15) is 12.0 Å². The topological polar surface area (TPSA) is 158 Å². The summed E-state index contributed by atoms with van der Waals surface area (Å²) < 4.78 is 12.6. The molecule has 0 aliphatic carbocycles. The van der Waals surface area contributed by atoms with Crippen LogP contribution in [0.4, 0.5) is 5.69 Å². The van der Waals surface area contributed by atoms with Gasteiger partial charge < -0.3 is 14.4 Å². The lowest BCUT2D eigenvalue weighted by atomic mass is 10.2. The second-order valence-corrected chi connectivity index (χ2v) is 8.28. The van der Waals surface area contributed by atoms with Crippen molar-refractivity contribution in [2.45, 2.75) is 6.54 Å². The number of carboxylic acid groups (broad SMARTS) is 1. The van der Waals surface area contributed by atoms with Crippen LogP contribution in [0.15, 0.2) is 98.3 Å². The van der Waals surface area contributed by atoms with Gasteiger partial charge in [0.2, 0.25) is 11.5 Å². The van der Waals surface area contributed by atoms with E-state index in [1.165, 1.54) is 35.2 Å². The second kappa shape index (κ2) is 10.4. The number of H-pyrrole nitrogens is 1. The van der Waals surface area contributed by atoms with Gasteiger partial charge in [0.25, 0.3) is 0 Å². The maximum Gasteiger partial charge on any atom is 0.341 e. The third-order valence-electron chi connectivity index (χ3n) is 5.28. The number of ether oxygens (including phenoxy) is 1. The quantitative estimate of drug-likeness (QED) is 0.323. The summed E-state index contributed by atoms with van der Waals surface area (Å²) in [6, 6.07) is 17.6. The van der Waals surface area contributed by atoms with Gasteiger partial charge in [0.05, 0.1) is 17.8 Å². The number of pyridine rings is 1. The van der Waals surface area contributed by atoms with E-state index in [0.29, 0.717) is 16.5 Å². The SMILES string of the molecule is O=C(O)c1ccc(Oc2ccc(/N=c3\[nH]c(=O)n(-c4ccon4)c(=O)n3Cc3ccc(Cl)cc3)cc2)nc1. The highest BCUT2D eigenvalue weighted by molar-refractivity contribution is 6.30. The fraction of sp³-hybridized carbons (Fsp3) is 0.0400. The average Bonchev–Trinajstić information content (AvgIpc) is 3.43. The predicted octanol–water partition coefficient (Wildman–Crippen LogP) is 3.13. The molecular formula is C25H17ClN6O6. The van der Waals surface area contributed by atoms with Crippen molar-refractivity contribution in [1.82, 2.24) is 24.3 Å². The molecule has 0 amide bonds. The van der Waals surface area contributed by atoms with Gasteiger partial charge in [-0.05, 0) is 48.0 Å². The highest BCUT2D eigenvalue weighted by Crippen LogP contribution is 2.22. The summed E-state index contributed by atoms with van der Waals surface area (Å²) in [6.45, 7) is 0.0860. The Morgan fingerprint density at radius 1 is 1.05 bits per heavy atom. The van der Waals surface area contributed by atoms with Crippen molar-refractivity contribution in [3.63, 3.8) is 0 Å². The highest BCUT2D eigenvalue weighted by atomic mass is 35.5. The number of hydrogen-bond acceptors (Lipinski definition) is 8. The zero-order chi connectivity index (χ0) is 26.6. The van der Waals surface area contributed by atoms with Crippen molar-refractivity contribution >= 4 is 23.3 Å². The van der Waals surface area contributed by atoms with Gasteiger partial charge >= 0.3 is 17.3 Å². The normalized spacial score (nSPS) is 11.4. The molecule has 3 heterocycles. The van der Waals surface area contributed by atoms with Gasteiger partial charge in [0, 0.05) is 23.4 Å². The summed E-state index contributed by atoms with van der Waals surface area (Å²) in [4.78, 5) is 48.2. The van der Waals surface area contributed by atoms with Gasteiger partial charge in [-0.25, -0.2) is 24.4 Å². The standard InChI is InChI=1S/C25H17ClN6O6/c26-17-4-1-15(2-5-17)14-31-23(29-24(35)32(25(31)36)20-11-12-37-30-20)28-18-6-8-19(9-7-18)38-21-10-3-16(13-27-21)22(33)34/h1-13H,14H2,(H,33,34)(H,28,29,35). The molecule has 2 N–H and O–H groups in total. The minimum Gasteiger partial charge on any atom is -0.478 e. The van der Waals surface area contributed by atoms with E-state index in [4.69, 9.17) is 26.0 Å². The molecule has 5 rings (SSSR count). The molecule has 12 nitrogen and oxygen atoms in total.